The van der Waals surface area contributed by atoms with Gasteiger partial charge in [-0.3, -0.25) is 0 Å². The molecule has 582 valence electrons. The maximum Gasteiger partial charge on any atom is 0 e. The molecule has 0 bridgehead atoms. The molecule has 0 aliphatic heterocycles. The predicted octanol–water partition coefficient (Wildman–Crippen LogP) is -0.233. The lowest BCUT2D eigenvalue weighted by Gasteiger charge is -1.41. The van der Waals surface area contributed by atoms with Crippen LogP contribution in [-0.4, -0.2) is 0 Å². The summed E-state index contributed by atoms with van der Waals surface area (Å²) in [7, 11) is 172. The van der Waals surface area contributed by atoms with E-state index >= 15 is 0 Å². The molecule has 0 spiro atoms. The third-order valence-electron chi connectivity index (χ3n) is 2.61. The fraction of sp³-hybridized carbons (Fsp3) is 0. The van der Waals surface area contributed by atoms with E-state index in [2.05, 4.69) is 0 Å². The molecular weight excluding hydrogens is 3110 g/mol. The van der Waals surface area contributed by atoms with E-state index in [1.807, 2.05) is 719 Å². The van der Waals surface area contributed by atoms with Crippen LogP contribution in [0.3, 0.4) is 0 Å². The normalized spacial score (nSPS) is 7.88. The van der Waals surface area contributed by atoms with Gasteiger partial charge in [0.2, 0.25) is 0 Å². The molecule has 0 N–H and O–H groups in total. The van der Waals surface area contributed by atoms with Crippen LogP contribution < -0.4 is 0 Å². The summed E-state index contributed by atoms with van der Waals surface area (Å²) >= 11 is 9.66. The molecular formula is S97. The molecule has 0 aromatic carbocycles. The first-order valence-corrected chi connectivity index (χ1v) is 144. The minimum atomic E-state index is 1.37. The smallest absolute Gasteiger partial charge is 0 e. The van der Waals surface area contributed by atoms with E-state index in [1.165, 1.54) is 17.8 Å². The van der Waals surface area contributed by atoms with E-state index in [0.29, 0.717) is 0 Å². The molecule has 0 amide bonds. The maximum atomic E-state index is 4.83. The van der Waals surface area contributed by atoms with Crippen LogP contribution in [0.1, 0.15) is 0 Å². The van der Waals surface area contributed by atoms with Gasteiger partial charge in [0.1, 0.15) is 0 Å². The Morgan fingerprint density at radius 2 is 0.0825 bits per heavy atom. The van der Waals surface area contributed by atoms with Crippen LogP contribution in [-0.2, 0) is 866 Å². The summed E-state index contributed by atoms with van der Waals surface area (Å²) in [5, 5.41) is 0. The van der Waals surface area contributed by atoms with Gasteiger partial charge >= 0.3 is 0 Å². The highest BCUT2D eigenvalue weighted by Gasteiger charge is 1.50. The largest absolute Gasteiger partial charge is 0 e. The monoisotopic (exact) mass is 3100 g/mol. The predicted molar refractivity (Wildman–Crippen MR) is 714 cm³/mol. The minimum Gasteiger partial charge on any atom is 0 e. The zero-order valence-corrected chi connectivity index (χ0v) is 119. The average molecular weight is 3110 g/mol. The Morgan fingerprint density at radius 1 is 0.0515 bits per heavy atom. The van der Waals surface area contributed by atoms with E-state index in [1.54, 1.807) is 107 Å². The summed E-state index contributed by atoms with van der Waals surface area (Å²) in [5.74, 6) is 0. The molecule has 0 nitrogen and oxygen atoms in total. The van der Waals surface area contributed by atoms with Crippen LogP contribution >= 0.6 is 0 Å². The molecule has 0 unspecified atom stereocenters. The quantitative estimate of drug-likeness (QED) is 0.330. The molecule has 97 heteroatoms. The molecule has 0 heterocycles. The molecule has 0 aromatic rings. The first-order chi connectivity index (χ1) is 48.4. The van der Waals surface area contributed by atoms with Gasteiger partial charge in [0.05, 0.1) is 0 Å². The topological polar surface area (TPSA) is 0 Å². The summed E-state index contributed by atoms with van der Waals surface area (Å²) in [6, 6.07) is 0. The van der Waals surface area contributed by atoms with Gasteiger partial charge in [-0.1, -0.05) is 0 Å². The Labute approximate surface area is 838 Å². The Hall–Kier alpha value is 21.3. The lowest BCUT2D eigenvalue weighted by molar-refractivity contribution is 5.95. The lowest BCUT2D eigenvalue weighted by Crippen LogP contribution is -1.41. The van der Waals surface area contributed by atoms with E-state index in [0.717, 1.165) is 0 Å². The van der Waals surface area contributed by atoms with Crippen LogP contribution in [0.25, 0.3) is 0 Å². The fourth-order valence-electron chi connectivity index (χ4n) is 1.05. The summed E-state index contributed by atoms with van der Waals surface area (Å²) < 4.78 is 0. The Kier molecular flexibility index (Phi) is 143. The molecule has 0 radical (unpaired) electrons. The highest BCUT2D eigenvalue weighted by Crippen LogP contribution is 1.50. The second-order valence-electron chi connectivity index (χ2n) is 6.46. The zero-order valence-electron chi connectivity index (χ0n) is 39.6. The maximum absolute atomic E-state index is 4.83. The van der Waals surface area contributed by atoms with Crippen molar-refractivity contribution in [1.82, 2.24) is 0 Å². The van der Waals surface area contributed by atoms with Gasteiger partial charge in [-0.25, -0.2) is 0 Å². The van der Waals surface area contributed by atoms with Crippen molar-refractivity contribution in [1.29, 1.82) is 0 Å². The van der Waals surface area contributed by atoms with Crippen molar-refractivity contribution in [3.63, 3.8) is 0 Å². The van der Waals surface area contributed by atoms with Crippen molar-refractivity contribution >= 4 is 866 Å². The van der Waals surface area contributed by atoms with Crippen molar-refractivity contribution in [3.05, 3.63) is 0 Å². The van der Waals surface area contributed by atoms with Crippen LogP contribution in [0, 0.1) is 0 Å². The molecule has 0 fully saturated rings. The van der Waals surface area contributed by atoms with Gasteiger partial charge in [-0.2, -0.15) is 0 Å². The minimum absolute atomic E-state index is 1.37. The van der Waals surface area contributed by atoms with E-state index < -0.39 is 0 Å². The summed E-state index contributed by atoms with van der Waals surface area (Å²) in [6.45, 7) is 0. The third kappa shape index (κ3) is 117. The Bertz CT molecular complexity index is 7240. The Balaban J connectivity index is 6.18. The van der Waals surface area contributed by atoms with Crippen LogP contribution in [0.15, 0.2) is 0 Å². The summed E-state index contributed by atoms with van der Waals surface area (Å²) in [4.78, 5) is 0. The van der Waals surface area contributed by atoms with Gasteiger partial charge in [0.25, 0.3) is 0 Å². The molecule has 0 saturated carbocycles. The molecule has 97 heavy (non-hydrogen) atoms. The highest BCUT2D eigenvalue weighted by molar-refractivity contribution is 8.87. The van der Waals surface area contributed by atoms with E-state index in [4.69, 9.17) is 22.4 Å². The van der Waals surface area contributed by atoms with Crippen molar-refractivity contribution in [2.75, 3.05) is 0 Å². The van der Waals surface area contributed by atoms with Gasteiger partial charge in [-0.05, 0) is 0 Å². The van der Waals surface area contributed by atoms with Crippen molar-refractivity contribution in [3.8, 4) is 0 Å². The molecule has 0 saturated heterocycles. The summed E-state index contributed by atoms with van der Waals surface area (Å²) in [6.07, 6.45) is 0. The number of rotatable bonds is 0. The van der Waals surface area contributed by atoms with Crippen LogP contribution in [0.5, 0.6) is 0 Å². The third-order valence-corrected chi connectivity index (χ3v) is 211. The van der Waals surface area contributed by atoms with E-state index in [-0.39, 0.29) is 0 Å². The van der Waals surface area contributed by atoms with Crippen molar-refractivity contribution < 1.29 is 0 Å². The van der Waals surface area contributed by atoms with Crippen LogP contribution in [0.2, 0.25) is 0 Å². The average Bonchev–Trinajstić information content (AvgIpc) is 3.61. The standard InChI is InChI=1S/S97/c1-3-5-7-9-11-13-15-17-19-21-23-25-27-29-31-33-35-37-39-41-43-45-47-49-51-53-55-57-59-61-63-65-67-69-71-73-75-77-79-81-83-85-87-89-91-93-95-97-96-94-92-90-88-86-84-82-80-78-76-74-72-70-68-66-64-62-60-58-56-54-52-50-48-46-44-42-40-38-36-34-32-30-28-26-24-22-20-18-16-14-12-10-8-6-4-2. The lowest BCUT2D eigenvalue weighted by atomic mass is 30.7. The molecule has 0 aromatic heterocycles. The van der Waals surface area contributed by atoms with Crippen molar-refractivity contribution in [2.24, 2.45) is 0 Å². The molecule has 0 rings (SSSR count). The SMILES string of the molecule is S=S=S=S=S=S=S=S=S=S=S=S=S=S=S=S=S=S=S=S=S=S=S=S=S=S=S=S=S=S=S=S=S=S=S=S=S=S=S=S=S=S=S=S=S=S=S=S=S=S=S=S=S=S=S=S=S=S=S=S=S=S=S=S=S=S=S=S=S=S=S=S=S=S=S=S=S=S=S=S=S=S=S=S=S=S=S=S=S=S=S=S=S=S=S=S=S. The van der Waals surface area contributed by atoms with Gasteiger partial charge < -0.3 is 0 Å². The fourth-order valence-corrected chi connectivity index (χ4v) is 256. The number of hydrogen-bond acceptors (Lipinski definition) is 2. The van der Waals surface area contributed by atoms with Crippen molar-refractivity contribution in [2.45, 2.75) is 0 Å². The van der Waals surface area contributed by atoms with E-state index in [9.17, 15) is 0 Å². The second-order valence-corrected chi connectivity index (χ2v) is 175. The first kappa shape index (κ1) is 118. The van der Waals surface area contributed by atoms with Gasteiger partial charge in [0.15, 0.2) is 0 Å². The zero-order chi connectivity index (χ0) is 69.2. The van der Waals surface area contributed by atoms with Gasteiger partial charge in [0, 0.05) is 866 Å². The second kappa shape index (κ2) is 117. The Morgan fingerprint density at radius 3 is 0.113 bits per heavy atom. The summed E-state index contributed by atoms with van der Waals surface area (Å²) in [5.41, 5.74) is 0. The first-order valence-electron chi connectivity index (χ1n) is 16.0. The van der Waals surface area contributed by atoms with Gasteiger partial charge in [-0.15, -0.1) is 0 Å². The number of hydrogen-bond donors (Lipinski definition) is 0. The van der Waals surface area contributed by atoms with Crippen LogP contribution in [0.4, 0.5) is 0 Å². The highest BCUT2D eigenvalue weighted by atomic mass is 33.6. The molecule has 0 aliphatic carbocycles. The molecule has 0 atom stereocenters. The molecule has 0 aliphatic rings.